The number of benzene rings is 3. The van der Waals surface area contributed by atoms with Crippen molar-refractivity contribution in [2.24, 2.45) is 5.92 Å². The summed E-state index contributed by atoms with van der Waals surface area (Å²) in [4.78, 5) is 17.9. The van der Waals surface area contributed by atoms with Crippen LogP contribution in [0.4, 0.5) is 0 Å². The van der Waals surface area contributed by atoms with Crippen LogP contribution in [0.3, 0.4) is 0 Å². The lowest BCUT2D eigenvalue weighted by Gasteiger charge is -2.32. The van der Waals surface area contributed by atoms with Crippen molar-refractivity contribution in [1.29, 1.82) is 0 Å². The lowest BCUT2D eigenvalue weighted by Crippen LogP contribution is -2.42. The molecular weight excluding hydrogens is 430 g/mol. The molecule has 4 heteroatoms. The van der Waals surface area contributed by atoms with E-state index in [-0.39, 0.29) is 11.8 Å². The first-order valence-electron chi connectivity index (χ1n) is 13.1. The van der Waals surface area contributed by atoms with E-state index in [0.717, 1.165) is 58.5 Å². The number of carbonyl (C=O) groups excluding carboxylic acids is 1. The van der Waals surface area contributed by atoms with Gasteiger partial charge in [0, 0.05) is 39.3 Å². The number of fused-ring (bicyclic) bond motifs is 1. The van der Waals surface area contributed by atoms with Gasteiger partial charge in [0.1, 0.15) is 0 Å². The molecule has 1 fully saturated rings. The maximum atomic E-state index is 12.9. The molecule has 2 aliphatic heterocycles. The molecule has 3 aromatic rings. The summed E-state index contributed by atoms with van der Waals surface area (Å²) in [5.41, 5.74) is 8.14. The molecule has 0 aromatic heterocycles. The van der Waals surface area contributed by atoms with Gasteiger partial charge in [-0.3, -0.25) is 14.6 Å². The van der Waals surface area contributed by atoms with Crippen molar-refractivity contribution in [2.45, 2.75) is 52.4 Å². The zero-order valence-electron chi connectivity index (χ0n) is 20.9. The van der Waals surface area contributed by atoms with Crippen molar-refractivity contribution in [1.82, 2.24) is 15.1 Å². The van der Waals surface area contributed by atoms with Gasteiger partial charge in [-0.25, -0.2) is 0 Å². The number of hydrogen-bond acceptors (Lipinski definition) is 3. The van der Waals surface area contributed by atoms with Crippen molar-refractivity contribution >= 4 is 5.91 Å². The van der Waals surface area contributed by atoms with Crippen LogP contribution < -0.4 is 5.32 Å². The SMILES string of the molecule is Cc1ccccc1CN1CCCC(C(=O)NCc2ccc(CN3CCc4ccccc4C3)cc2)C1. The molecule has 1 unspecified atom stereocenters. The van der Waals surface area contributed by atoms with E-state index >= 15 is 0 Å². The molecule has 2 heterocycles. The van der Waals surface area contributed by atoms with Crippen molar-refractivity contribution in [3.05, 3.63) is 106 Å². The van der Waals surface area contributed by atoms with Gasteiger partial charge in [0.05, 0.1) is 5.92 Å². The third-order valence-corrected chi connectivity index (χ3v) is 7.64. The van der Waals surface area contributed by atoms with Gasteiger partial charge in [0.15, 0.2) is 0 Å². The number of nitrogens with one attached hydrogen (secondary N) is 1. The third kappa shape index (κ3) is 6.19. The highest BCUT2D eigenvalue weighted by Crippen LogP contribution is 2.22. The van der Waals surface area contributed by atoms with E-state index in [1.165, 1.54) is 33.4 Å². The largest absolute Gasteiger partial charge is 0.352 e. The quantitative estimate of drug-likeness (QED) is 0.526. The zero-order valence-corrected chi connectivity index (χ0v) is 20.9. The van der Waals surface area contributed by atoms with Crippen molar-refractivity contribution < 1.29 is 4.79 Å². The molecular formula is C31H37N3O. The van der Waals surface area contributed by atoms with Gasteiger partial charge < -0.3 is 5.32 Å². The van der Waals surface area contributed by atoms with E-state index in [9.17, 15) is 4.79 Å². The average molecular weight is 468 g/mol. The molecule has 0 radical (unpaired) electrons. The van der Waals surface area contributed by atoms with Gasteiger partial charge >= 0.3 is 0 Å². The van der Waals surface area contributed by atoms with Crippen LogP contribution in [0.5, 0.6) is 0 Å². The molecule has 4 nitrogen and oxygen atoms in total. The fourth-order valence-electron chi connectivity index (χ4n) is 5.48. The van der Waals surface area contributed by atoms with Gasteiger partial charge in [0.25, 0.3) is 0 Å². The number of amides is 1. The molecule has 3 aromatic carbocycles. The van der Waals surface area contributed by atoms with E-state index in [1.54, 1.807) is 0 Å². The second kappa shape index (κ2) is 11.2. The van der Waals surface area contributed by atoms with Crippen molar-refractivity contribution in [3.63, 3.8) is 0 Å². The summed E-state index contributed by atoms with van der Waals surface area (Å²) in [5, 5.41) is 3.20. The monoisotopic (exact) mass is 467 g/mol. The van der Waals surface area contributed by atoms with Crippen LogP contribution in [-0.2, 0) is 37.4 Å². The number of piperidine rings is 1. The van der Waals surface area contributed by atoms with E-state index in [0.29, 0.717) is 6.54 Å². The van der Waals surface area contributed by atoms with E-state index in [1.807, 2.05) is 0 Å². The summed E-state index contributed by atoms with van der Waals surface area (Å²) in [6.45, 7) is 8.72. The van der Waals surface area contributed by atoms with E-state index in [2.05, 4.69) is 94.8 Å². The van der Waals surface area contributed by atoms with Crippen molar-refractivity contribution in [2.75, 3.05) is 19.6 Å². The minimum Gasteiger partial charge on any atom is -0.352 e. The summed E-state index contributed by atoms with van der Waals surface area (Å²) in [7, 11) is 0. The van der Waals surface area contributed by atoms with Gasteiger partial charge in [-0.05, 0) is 66.1 Å². The number of carbonyl (C=O) groups is 1. The Labute approximate surface area is 210 Å². The number of aryl methyl sites for hydroxylation is 1. The highest BCUT2D eigenvalue weighted by Gasteiger charge is 2.26. The Kier molecular flexibility index (Phi) is 7.60. The Morgan fingerprint density at radius 2 is 1.60 bits per heavy atom. The smallest absolute Gasteiger partial charge is 0.224 e. The molecule has 1 atom stereocenters. The molecule has 35 heavy (non-hydrogen) atoms. The number of likely N-dealkylation sites (tertiary alicyclic amines) is 1. The maximum absolute atomic E-state index is 12.9. The van der Waals surface area contributed by atoms with E-state index < -0.39 is 0 Å². The Hall–Kier alpha value is -2.95. The maximum Gasteiger partial charge on any atom is 0.224 e. The highest BCUT2D eigenvalue weighted by molar-refractivity contribution is 5.79. The topological polar surface area (TPSA) is 35.6 Å². The second-order valence-electron chi connectivity index (χ2n) is 10.3. The standard InChI is InChI=1S/C31H37N3O/c1-24-7-2-3-9-28(24)21-33-17-6-11-30(23-33)31(35)32-19-25-12-14-26(15-13-25)20-34-18-16-27-8-4-5-10-29(27)22-34/h2-5,7-10,12-15,30H,6,11,16-23H2,1H3,(H,32,35). The zero-order chi connectivity index (χ0) is 24.0. The molecule has 2 aliphatic rings. The Balaban J connectivity index is 1.09. The Bertz CT molecular complexity index is 1140. The summed E-state index contributed by atoms with van der Waals surface area (Å²) in [6, 6.07) is 26.1. The van der Waals surface area contributed by atoms with Gasteiger partial charge in [-0.15, -0.1) is 0 Å². The predicted octanol–water partition coefficient (Wildman–Crippen LogP) is 5.08. The van der Waals surface area contributed by atoms with Gasteiger partial charge in [-0.1, -0.05) is 72.8 Å². The highest BCUT2D eigenvalue weighted by atomic mass is 16.1. The first-order valence-corrected chi connectivity index (χ1v) is 13.1. The summed E-state index contributed by atoms with van der Waals surface area (Å²) >= 11 is 0. The van der Waals surface area contributed by atoms with Crippen LogP contribution in [-0.4, -0.2) is 35.3 Å². The lowest BCUT2D eigenvalue weighted by atomic mass is 9.96. The van der Waals surface area contributed by atoms with Gasteiger partial charge in [0.2, 0.25) is 5.91 Å². The van der Waals surface area contributed by atoms with Crippen LogP contribution in [0.1, 0.15) is 46.2 Å². The first-order chi connectivity index (χ1) is 17.1. The molecule has 0 bridgehead atoms. The Morgan fingerprint density at radius 3 is 2.43 bits per heavy atom. The van der Waals surface area contributed by atoms with Gasteiger partial charge in [-0.2, -0.15) is 0 Å². The molecule has 1 saturated heterocycles. The van der Waals surface area contributed by atoms with E-state index in [4.69, 9.17) is 0 Å². The van der Waals surface area contributed by atoms with Crippen LogP contribution in [0, 0.1) is 12.8 Å². The number of hydrogen-bond donors (Lipinski definition) is 1. The van der Waals surface area contributed by atoms with Crippen LogP contribution in [0.2, 0.25) is 0 Å². The summed E-state index contributed by atoms with van der Waals surface area (Å²) < 4.78 is 0. The average Bonchev–Trinajstić information content (AvgIpc) is 2.89. The fourth-order valence-corrected chi connectivity index (χ4v) is 5.48. The first kappa shape index (κ1) is 23.8. The second-order valence-corrected chi connectivity index (χ2v) is 10.3. The molecule has 1 N–H and O–H groups in total. The molecule has 0 spiro atoms. The molecule has 1 amide bonds. The predicted molar refractivity (Wildman–Crippen MR) is 142 cm³/mol. The normalized spacial score (nSPS) is 18.7. The number of rotatable bonds is 7. The lowest BCUT2D eigenvalue weighted by molar-refractivity contribution is -0.126. The minimum absolute atomic E-state index is 0.0778. The number of nitrogens with zero attached hydrogens (tertiary/aromatic N) is 2. The van der Waals surface area contributed by atoms with Crippen molar-refractivity contribution in [3.8, 4) is 0 Å². The van der Waals surface area contributed by atoms with Crippen LogP contribution >= 0.6 is 0 Å². The summed E-state index contributed by atoms with van der Waals surface area (Å²) in [6.07, 6.45) is 3.19. The molecule has 0 saturated carbocycles. The summed E-state index contributed by atoms with van der Waals surface area (Å²) in [5.74, 6) is 0.268. The minimum atomic E-state index is 0.0778. The third-order valence-electron chi connectivity index (χ3n) is 7.64. The van der Waals surface area contributed by atoms with Crippen LogP contribution in [0.25, 0.3) is 0 Å². The fraction of sp³-hybridized carbons (Fsp3) is 0.387. The molecule has 0 aliphatic carbocycles. The molecule has 182 valence electrons. The van der Waals surface area contributed by atoms with Crippen LogP contribution in [0.15, 0.2) is 72.8 Å². The molecule has 5 rings (SSSR count). The Morgan fingerprint density at radius 1 is 0.857 bits per heavy atom.